The number of nitrogen functional groups attached to an aromatic ring is 1. The summed E-state index contributed by atoms with van der Waals surface area (Å²) in [5.41, 5.74) is 8.67. The van der Waals surface area contributed by atoms with Crippen LogP contribution in [-0.2, 0) is 24.8 Å². The molecule has 108 valence electrons. The highest BCUT2D eigenvalue weighted by molar-refractivity contribution is 5.40. The molecule has 0 unspecified atom stereocenters. The Labute approximate surface area is 121 Å². The third kappa shape index (κ3) is 3.03. The van der Waals surface area contributed by atoms with Gasteiger partial charge in [-0.1, -0.05) is 37.3 Å². The van der Waals surface area contributed by atoms with Crippen molar-refractivity contribution >= 4 is 5.82 Å². The van der Waals surface area contributed by atoms with Gasteiger partial charge < -0.3 is 10.3 Å². The van der Waals surface area contributed by atoms with E-state index in [0.29, 0.717) is 0 Å². The van der Waals surface area contributed by atoms with E-state index in [-0.39, 0.29) is 5.54 Å². The number of nitrogens with two attached hydrogens (primary N) is 1. The van der Waals surface area contributed by atoms with Crippen molar-refractivity contribution in [2.45, 2.75) is 52.5 Å². The van der Waals surface area contributed by atoms with Gasteiger partial charge in [0.25, 0.3) is 0 Å². The fourth-order valence-corrected chi connectivity index (χ4v) is 2.61. The molecule has 0 atom stereocenters. The molecule has 0 bridgehead atoms. The maximum absolute atomic E-state index is 6.33. The largest absolute Gasteiger partial charge is 0.384 e. The lowest BCUT2D eigenvalue weighted by Crippen LogP contribution is -2.25. The van der Waals surface area contributed by atoms with Crippen LogP contribution in [0.3, 0.4) is 0 Å². The van der Waals surface area contributed by atoms with Gasteiger partial charge in [0.2, 0.25) is 0 Å². The lowest BCUT2D eigenvalue weighted by molar-refractivity contribution is 0.389. The van der Waals surface area contributed by atoms with Crippen molar-refractivity contribution in [2.24, 2.45) is 0 Å². The Morgan fingerprint density at radius 3 is 2.25 bits per heavy atom. The van der Waals surface area contributed by atoms with Crippen LogP contribution in [0.25, 0.3) is 0 Å². The average molecular weight is 271 g/mol. The van der Waals surface area contributed by atoms with Crippen LogP contribution in [0.4, 0.5) is 5.82 Å². The van der Waals surface area contributed by atoms with Gasteiger partial charge in [0.05, 0.1) is 5.69 Å². The molecule has 3 nitrogen and oxygen atoms in total. The molecule has 0 radical (unpaired) electrons. The van der Waals surface area contributed by atoms with Crippen LogP contribution < -0.4 is 5.73 Å². The predicted octanol–water partition coefficient (Wildman–Crippen LogP) is 3.57. The zero-order valence-corrected chi connectivity index (χ0v) is 13.0. The highest BCUT2D eigenvalue weighted by Crippen LogP contribution is 2.26. The van der Waals surface area contributed by atoms with Crippen LogP contribution in [0.2, 0.25) is 0 Å². The van der Waals surface area contributed by atoms with E-state index in [4.69, 9.17) is 10.7 Å². The molecule has 2 N–H and O–H groups in total. The Balaban J connectivity index is 2.23. The van der Waals surface area contributed by atoms with E-state index in [2.05, 4.69) is 56.5 Å². The van der Waals surface area contributed by atoms with Crippen LogP contribution in [-0.4, -0.2) is 9.55 Å². The first-order valence-electron chi connectivity index (χ1n) is 7.34. The molecule has 1 heterocycles. The summed E-state index contributed by atoms with van der Waals surface area (Å²) in [5, 5.41) is 0. The number of aryl methyl sites for hydroxylation is 3. The summed E-state index contributed by atoms with van der Waals surface area (Å²) in [6.07, 6.45) is 2.79. The van der Waals surface area contributed by atoms with Crippen LogP contribution in [0.5, 0.6) is 0 Å². The molecule has 0 fully saturated rings. The molecular formula is C17H25N3. The van der Waals surface area contributed by atoms with E-state index >= 15 is 0 Å². The molecule has 1 aromatic carbocycles. The lowest BCUT2D eigenvalue weighted by Gasteiger charge is -2.24. The fourth-order valence-electron chi connectivity index (χ4n) is 2.61. The molecule has 0 aliphatic carbocycles. The highest BCUT2D eigenvalue weighted by Gasteiger charge is 2.22. The first-order chi connectivity index (χ1) is 9.43. The molecule has 2 aromatic rings. The summed E-state index contributed by atoms with van der Waals surface area (Å²) >= 11 is 0. The number of aromatic nitrogens is 2. The van der Waals surface area contributed by atoms with Gasteiger partial charge >= 0.3 is 0 Å². The minimum absolute atomic E-state index is 0.0204. The summed E-state index contributed by atoms with van der Waals surface area (Å²) in [4.78, 5) is 4.75. The molecule has 3 heteroatoms. The second kappa shape index (κ2) is 5.70. The molecule has 1 aromatic heterocycles. The van der Waals surface area contributed by atoms with Crippen molar-refractivity contribution in [1.82, 2.24) is 9.55 Å². The molecule has 0 amide bonds. The Hall–Kier alpha value is -1.77. The maximum atomic E-state index is 6.33. The molecule has 0 spiro atoms. The van der Waals surface area contributed by atoms with E-state index in [1.807, 2.05) is 6.07 Å². The SMILES string of the molecule is CCc1nc(CCc2ccccc2)c(N)n1C(C)(C)C. The number of imidazole rings is 1. The van der Waals surface area contributed by atoms with E-state index in [9.17, 15) is 0 Å². The first kappa shape index (κ1) is 14.6. The third-order valence-electron chi connectivity index (χ3n) is 3.54. The number of hydrogen-bond acceptors (Lipinski definition) is 2. The summed E-state index contributed by atoms with van der Waals surface area (Å²) in [6, 6.07) is 10.5. The quantitative estimate of drug-likeness (QED) is 0.924. The van der Waals surface area contributed by atoms with Gasteiger partial charge in [0.1, 0.15) is 11.6 Å². The highest BCUT2D eigenvalue weighted by atomic mass is 15.2. The van der Waals surface area contributed by atoms with Gasteiger partial charge in [-0.25, -0.2) is 4.98 Å². The van der Waals surface area contributed by atoms with Gasteiger partial charge in [-0.05, 0) is 39.2 Å². The Morgan fingerprint density at radius 2 is 1.75 bits per heavy atom. The summed E-state index contributed by atoms with van der Waals surface area (Å²) < 4.78 is 2.17. The summed E-state index contributed by atoms with van der Waals surface area (Å²) in [7, 11) is 0. The number of nitrogens with zero attached hydrogens (tertiary/aromatic N) is 2. The van der Waals surface area contributed by atoms with Crippen molar-refractivity contribution in [3.8, 4) is 0 Å². The number of hydrogen-bond donors (Lipinski definition) is 1. The first-order valence-corrected chi connectivity index (χ1v) is 7.34. The van der Waals surface area contributed by atoms with Crippen LogP contribution >= 0.6 is 0 Å². The number of rotatable bonds is 4. The normalized spacial score (nSPS) is 11.8. The van der Waals surface area contributed by atoms with Crippen molar-refractivity contribution in [1.29, 1.82) is 0 Å². The van der Waals surface area contributed by atoms with Gasteiger partial charge in [-0.3, -0.25) is 0 Å². The Morgan fingerprint density at radius 1 is 1.10 bits per heavy atom. The predicted molar refractivity (Wildman–Crippen MR) is 84.9 cm³/mol. The maximum Gasteiger partial charge on any atom is 0.127 e. The monoisotopic (exact) mass is 271 g/mol. The van der Waals surface area contributed by atoms with Gasteiger partial charge in [0.15, 0.2) is 0 Å². The smallest absolute Gasteiger partial charge is 0.127 e. The van der Waals surface area contributed by atoms with Crippen molar-refractivity contribution in [3.05, 3.63) is 47.4 Å². The molecule has 20 heavy (non-hydrogen) atoms. The second-order valence-corrected chi connectivity index (χ2v) is 6.21. The van der Waals surface area contributed by atoms with Gasteiger partial charge in [-0.15, -0.1) is 0 Å². The number of anilines is 1. The molecule has 2 rings (SSSR count). The Bertz CT molecular complexity index is 562. The van der Waals surface area contributed by atoms with Gasteiger partial charge in [-0.2, -0.15) is 0 Å². The van der Waals surface area contributed by atoms with Gasteiger partial charge in [0, 0.05) is 12.0 Å². The van der Waals surface area contributed by atoms with Crippen molar-refractivity contribution in [2.75, 3.05) is 5.73 Å². The standard InChI is InChI=1S/C17H25N3/c1-5-15-19-14(16(18)20(15)17(2,3)4)12-11-13-9-7-6-8-10-13/h6-10H,5,11-12,18H2,1-4H3. The Kier molecular flexibility index (Phi) is 4.17. The van der Waals surface area contributed by atoms with E-state index in [1.54, 1.807) is 0 Å². The second-order valence-electron chi connectivity index (χ2n) is 6.21. The van der Waals surface area contributed by atoms with Crippen LogP contribution in [0.1, 0.15) is 44.8 Å². The van der Waals surface area contributed by atoms with Crippen molar-refractivity contribution < 1.29 is 0 Å². The minimum atomic E-state index is -0.0204. The summed E-state index contributed by atoms with van der Waals surface area (Å²) in [5.74, 6) is 1.91. The van der Waals surface area contributed by atoms with Crippen LogP contribution in [0, 0.1) is 0 Å². The molecular weight excluding hydrogens is 246 g/mol. The molecule has 0 saturated heterocycles. The van der Waals surface area contributed by atoms with E-state index in [1.165, 1.54) is 5.56 Å². The molecule has 0 aliphatic heterocycles. The van der Waals surface area contributed by atoms with E-state index < -0.39 is 0 Å². The summed E-state index contributed by atoms with van der Waals surface area (Å²) in [6.45, 7) is 8.65. The topological polar surface area (TPSA) is 43.8 Å². The van der Waals surface area contributed by atoms with Crippen LogP contribution in [0.15, 0.2) is 30.3 Å². The molecule has 0 saturated carbocycles. The van der Waals surface area contributed by atoms with E-state index in [0.717, 1.165) is 36.6 Å². The zero-order chi connectivity index (χ0) is 14.8. The average Bonchev–Trinajstić information content (AvgIpc) is 2.74. The van der Waals surface area contributed by atoms with Crippen molar-refractivity contribution in [3.63, 3.8) is 0 Å². The fraction of sp³-hybridized carbons (Fsp3) is 0.471. The third-order valence-corrected chi connectivity index (χ3v) is 3.54. The lowest BCUT2D eigenvalue weighted by atomic mass is 10.1. The minimum Gasteiger partial charge on any atom is -0.384 e. The zero-order valence-electron chi connectivity index (χ0n) is 13.0. The molecule has 0 aliphatic rings. The number of benzene rings is 1.